The van der Waals surface area contributed by atoms with Crippen LogP contribution in [0.25, 0.3) is 11.0 Å². The maximum absolute atomic E-state index is 5.87. The first-order chi connectivity index (χ1) is 9.78. The van der Waals surface area contributed by atoms with Gasteiger partial charge in [-0.1, -0.05) is 23.4 Å². The van der Waals surface area contributed by atoms with Gasteiger partial charge in [0.1, 0.15) is 11.3 Å². The Kier molecular flexibility index (Phi) is 2.80. The number of fused-ring (bicyclic) bond motifs is 1. The molecule has 1 aliphatic carbocycles. The molecule has 4 rings (SSSR count). The van der Waals surface area contributed by atoms with Gasteiger partial charge >= 0.3 is 0 Å². The quantitative estimate of drug-likeness (QED) is 0.921. The van der Waals surface area contributed by atoms with Crippen LogP contribution in [0.3, 0.4) is 0 Å². The van der Waals surface area contributed by atoms with E-state index < -0.39 is 0 Å². The molecule has 0 spiro atoms. The van der Waals surface area contributed by atoms with E-state index in [2.05, 4.69) is 40.6 Å². The fourth-order valence-electron chi connectivity index (χ4n) is 2.18. The maximum Gasteiger partial charge on any atom is 0.177 e. The molecular formula is C15H15N3OS. The molecule has 0 bridgehead atoms. The minimum Gasteiger partial charge on any atom is -0.455 e. The van der Waals surface area contributed by atoms with Crippen LogP contribution in [0.5, 0.6) is 0 Å². The van der Waals surface area contributed by atoms with Gasteiger partial charge in [0, 0.05) is 11.1 Å². The SMILES string of the molecule is Cc1ccc2oc(C3=NNC(=NC4CC4)SC3)cc2c1. The van der Waals surface area contributed by atoms with E-state index in [1.165, 1.54) is 18.4 Å². The average molecular weight is 285 g/mol. The van der Waals surface area contributed by atoms with Crippen molar-refractivity contribution in [2.24, 2.45) is 10.1 Å². The normalized spacial score (nSPS) is 21.1. The van der Waals surface area contributed by atoms with E-state index in [0.717, 1.165) is 33.4 Å². The van der Waals surface area contributed by atoms with Crippen molar-refractivity contribution in [2.45, 2.75) is 25.8 Å². The lowest BCUT2D eigenvalue weighted by Crippen LogP contribution is -2.25. The molecule has 1 saturated carbocycles. The number of hydrogen-bond acceptors (Lipinski definition) is 4. The third-order valence-corrected chi connectivity index (χ3v) is 4.32. The van der Waals surface area contributed by atoms with Crippen molar-refractivity contribution in [1.29, 1.82) is 0 Å². The molecule has 1 fully saturated rings. The first-order valence-corrected chi connectivity index (χ1v) is 7.80. The van der Waals surface area contributed by atoms with E-state index >= 15 is 0 Å². The number of aliphatic imine (C=N–C) groups is 1. The van der Waals surface area contributed by atoms with E-state index in [-0.39, 0.29) is 0 Å². The molecule has 4 nitrogen and oxygen atoms in total. The summed E-state index contributed by atoms with van der Waals surface area (Å²) in [6, 6.07) is 8.79. The standard InChI is InChI=1S/C15H15N3OS/c1-9-2-5-13-10(6-9)7-14(19-13)12-8-20-15(18-17-12)16-11-3-4-11/h2,5-7,11H,3-4,8H2,1H3,(H,16,18). The molecule has 1 aromatic carbocycles. The van der Waals surface area contributed by atoms with E-state index in [1.54, 1.807) is 11.8 Å². The Morgan fingerprint density at radius 1 is 1.35 bits per heavy atom. The Hall–Kier alpha value is -1.75. The Morgan fingerprint density at radius 3 is 3.00 bits per heavy atom. The van der Waals surface area contributed by atoms with Crippen LogP contribution in [0.15, 0.2) is 38.8 Å². The summed E-state index contributed by atoms with van der Waals surface area (Å²) in [6.07, 6.45) is 2.43. The number of nitrogens with zero attached hydrogens (tertiary/aromatic N) is 2. The molecule has 2 aliphatic rings. The number of benzene rings is 1. The van der Waals surface area contributed by atoms with Gasteiger partial charge in [-0.3, -0.25) is 10.4 Å². The molecule has 0 saturated heterocycles. The van der Waals surface area contributed by atoms with Crippen LogP contribution in [-0.2, 0) is 0 Å². The lowest BCUT2D eigenvalue weighted by molar-refractivity contribution is 0.603. The van der Waals surface area contributed by atoms with Crippen LogP contribution in [0.2, 0.25) is 0 Å². The number of hydrogen-bond donors (Lipinski definition) is 1. The Labute approximate surface area is 121 Å². The van der Waals surface area contributed by atoms with Crippen LogP contribution < -0.4 is 5.43 Å². The van der Waals surface area contributed by atoms with Gasteiger partial charge in [-0.25, -0.2) is 0 Å². The van der Waals surface area contributed by atoms with E-state index in [9.17, 15) is 0 Å². The van der Waals surface area contributed by atoms with E-state index in [1.807, 2.05) is 6.07 Å². The number of thioether (sulfide) groups is 1. The lowest BCUT2D eigenvalue weighted by atomic mass is 10.2. The van der Waals surface area contributed by atoms with Crippen LogP contribution in [0.4, 0.5) is 0 Å². The smallest absolute Gasteiger partial charge is 0.177 e. The van der Waals surface area contributed by atoms with Crippen molar-refractivity contribution < 1.29 is 4.42 Å². The number of nitrogens with one attached hydrogen (secondary N) is 1. The van der Waals surface area contributed by atoms with Crippen molar-refractivity contribution in [3.05, 3.63) is 35.6 Å². The van der Waals surface area contributed by atoms with Crippen LogP contribution in [0, 0.1) is 6.92 Å². The maximum atomic E-state index is 5.87. The van der Waals surface area contributed by atoms with Gasteiger partial charge in [-0.2, -0.15) is 5.10 Å². The van der Waals surface area contributed by atoms with Crippen molar-refractivity contribution in [2.75, 3.05) is 5.75 Å². The first-order valence-electron chi connectivity index (χ1n) is 6.82. The topological polar surface area (TPSA) is 49.9 Å². The van der Waals surface area contributed by atoms with Crippen LogP contribution >= 0.6 is 11.8 Å². The Bertz CT molecular complexity index is 728. The molecule has 0 radical (unpaired) electrons. The van der Waals surface area contributed by atoms with Crippen molar-refractivity contribution >= 4 is 33.6 Å². The number of amidine groups is 1. The predicted molar refractivity (Wildman–Crippen MR) is 83.5 cm³/mol. The minimum absolute atomic E-state index is 0.524. The van der Waals surface area contributed by atoms with Gasteiger partial charge in [-0.05, 0) is 38.0 Å². The summed E-state index contributed by atoms with van der Waals surface area (Å²) in [5, 5.41) is 6.46. The lowest BCUT2D eigenvalue weighted by Gasteiger charge is -2.12. The number of rotatable bonds is 2. The van der Waals surface area contributed by atoms with E-state index in [4.69, 9.17) is 4.42 Å². The summed E-state index contributed by atoms with van der Waals surface area (Å²) < 4.78 is 5.87. The van der Waals surface area contributed by atoms with Gasteiger partial charge in [0.2, 0.25) is 0 Å². The second-order valence-corrected chi connectivity index (χ2v) is 6.24. The van der Waals surface area contributed by atoms with Gasteiger partial charge < -0.3 is 4.42 Å². The molecule has 1 aliphatic heterocycles. The molecular weight excluding hydrogens is 270 g/mol. The largest absolute Gasteiger partial charge is 0.455 e. The number of furan rings is 1. The zero-order valence-corrected chi connectivity index (χ0v) is 12.0. The highest BCUT2D eigenvalue weighted by molar-refractivity contribution is 8.14. The Morgan fingerprint density at radius 2 is 2.25 bits per heavy atom. The number of aryl methyl sites for hydroxylation is 1. The molecule has 0 unspecified atom stereocenters. The van der Waals surface area contributed by atoms with Crippen molar-refractivity contribution in [1.82, 2.24) is 5.43 Å². The highest BCUT2D eigenvalue weighted by Gasteiger charge is 2.23. The summed E-state index contributed by atoms with van der Waals surface area (Å²) in [5.41, 5.74) is 6.13. The van der Waals surface area contributed by atoms with Crippen LogP contribution in [0.1, 0.15) is 24.2 Å². The van der Waals surface area contributed by atoms with Gasteiger partial charge in [-0.15, -0.1) is 0 Å². The monoisotopic (exact) mass is 285 g/mol. The molecule has 1 N–H and O–H groups in total. The summed E-state index contributed by atoms with van der Waals surface area (Å²) in [4.78, 5) is 4.56. The molecule has 102 valence electrons. The highest BCUT2D eigenvalue weighted by Crippen LogP contribution is 2.27. The second-order valence-electron chi connectivity index (χ2n) is 5.28. The average Bonchev–Trinajstić information content (AvgIpc) is 3.16. The minimum atomic E-state index is 0.524. The third kappa shape index (κ3) is 2.33. The zero-order valence-electron chi connectivity index (χ0n) is 11.2. The summed E-state index contributed by atoms with van der Waals surface area (Å²) in [5.74, 6) is 1.65. The van der Waals surface area contributed by atoms with Crippen LogP contribution in [-0.4, -0.2) is 22.7 Å². The third-order valence-electron chi connectivity index (χ3n) is 3.44. The molecule has 2 heterocycles. The Balaban J connectivity index is 1.61. The molecule has 0 atom stereocenters. The van der Waals surface area contributed by atoms with Gasteiger partial charge in [0.15, 0.2) is 10.9 Å². The molecule has 2 aromatic rings. The van der Waals surface area contributed by atoms with Gasteiger partial charge in [0.25, 0.3) is 0 Å². The number of hydrazone groups is 1. The molecule has 20 heavy (non-hydrogen) atoms. The van der Waals surface area contributed by atoms with Gasteiger partial charge in [0.05, 0.1) is 6.04 Å². The molecule has 5 heteroatoms. The summed E-state index contributed by atoms with van der Waals surface area (Å²) in [7, 11) is 0. The highest BCUT2D eigenvalue weighted by atomic mass is 32.2. The molecule has 1 aromatic heterocycles. The fourth-order valence-corrected chi connectivity index (χ4v) is 3.00. The summed E-state index contributed by atoms with van der Waals surface area (Å²) >= 11 is 1.70. The predicted octanol–water partition coefficient (Wildman–Crippen LogP) is 3.30. The first kappa shape index (κ1) is 12.0. The molecule has 0 amide bonds. The van der Waals surface area contributed by atoms with E-state index in [0.29, 0.717) is 6.04 Å². The van der Waals surface area contributed by atoms with Crippen molar-refractivity contribution in [3.63, 3.8) is 0 Å². The fraction of sp³-hybridized carbons (Fsp3) is 0.333. The van der Waals surface area contributed by atoms with Crippen molar-refractivity contribution in [3.8, 4) is 0 Å². The summed E-state index contributed by atoms with van der Waals surface area (Å²) in [6.45, 7) is 2.09. The zero-order chi connectivity index (χ0) is 13.5. The second kappa shape index (κ2) is 4.66.